The standard InChI is InChI=1S/C16H17NO/c1-3-7-13(8-4-1)15-11-18-12-16(17-15)14-9-5-2-6-10-14/h1-10,15-17H,11-12H2. The van der Waals surface area contributed by atoms with Gasteiger partial charge in [0.2, 0.25) is 0 Å². The maximum atomic E-state index is 5.74. The van der Waals surface area contributed by atoms with Crippen molar-refractivity contribution < 1.29 is 4.74 Å². The summed E-state index contributed by atoms with van der Waals surface area (Å²) in [6, 6.07) is 21.5. The summed E-state index contributed by atoms with van der Waals surface area (Å²) in [5.74, 6) is 0. The molecule has 2 unspecified atom stereocenters. The predicted octanol–water partition coefficient (Wildman–Crippen LogP) is 3.09. The second-order valence-electron chi connectivity index (χ2n) is 4.63. The molecule has 0 radical (unpaired) electrons. The van der Waals surface area contributed by atoms with Gasteiger partial charge in [0, 0.05) is 0 Å². The van der Waals surface area contributed by atoms with Gasteiger partial charge in [-0.3, -0.25) is 5.32 Å². The van der Waals surface area contributed by atoms with Gasteiger partial charge >= 0.3 is 0 Å². The van der Waals surface area contributed by atoms with E-state index in [1.54, 1.807) is 0 Å². The Hall–Kier alpha value is -1.64. The lowest BCUT2D eigenvalue weighted by molar-refractivity contribution is 0.0448. The highest BCUT2D eigenvalue weighted by atomic mass is 16.5. The topological polar surface area (TPSA) is 21.3 Å². The largest absolute Gasteiger partial charge is 0.377 e. The van der Waals surface area contributed by atoms with E-state index < -0.39 is 0 Å². The molecule has 2 atom stereocenters. The number of rotatable bonds is 2. The summed E-state index contributed by atoms with van der Waals surface area (Å²) in [6.45, 7) is 1.49. The lowest BCUT2D eigenvalue weighted by atomic mass is 10.0. The molecule has 0 aromatic heterocycles. The first-order valence-electron chi connectivity index (χ1n) is 6.37. The molecule has 1 fully saturated rings. The minimum atomic E-state index is 0.283. The number of hydrogen-bond donors (Lipinski definition) is 1. The van der Waals surface area contributed by atoms with Crippen LogP contribution in [0.2, 0.25) is 0 Å². The van der Waals surface area contributed by atoms with Crippen LogP contribution in [0.5, 0.6) is 0 Å². The fraction of sp³-hybridized carbons (Fsp3) is 0.250. The lowest BCUT2D eigenvalue weighted by Gasteiger charge is -2.31. The minimum absolute atomic E-state index is 0.283. The second-order valence-corrected chi connectivity index (χ2v) is 4.63. The number of morpholine rings is 1. The number of benzene rings is 2. The molecule has 0 aliphatic carbocycles. The number of hydrogen-bond acceptors (Lipinski definition) is 2. The fourth-order valence-electron chi connectivity index (χ4n) is 2.40. The molecule has 1 aliphatic heterocycles. The van der Waals surface area contributed by atoms with E-state index in [-0.39, 0.29) is 12.1 Å². The second kappa shape index (κ2) is 5.34. The maximum absolute atomic E-state index is 5.74. The highest BCUT2D eigenvalue weighted by Gasteiger charge is 2.23. The molecule has 2 heteroatoms. The van der Waals surface area contributed by atoms with Crippen molar-refractivity contribution in [3.8, 4) is 0 Å². The van der Waals surface area contributed by atoms with E-state index in [2.05, 4.69) is 53.8 Å². The maximum Gasteiger partial charge on any atom is 0.0662 e. The first kappa shape index (κ1) is 11.5. The molecule has 1 heterocycles. The highest BCUT2D eigenvalue weighted by Crippen LogP contribution is 2.24. The van der Waals surface area contributed by atoms with E-state index >= 15 is 0 Å². The molecule has 0 saturated carbocycles. The summed E-state index contributed by atoms with van der Waals surface area (Å²) in [4.78, 5) is 0. The summed E-state index contributed by atoms with van der Waals surface area (Å²) >= 11 is 0. The van der Waals surface area contributed by atoms with Crippen molar-refractivity contribution in [3.63, 3.8) is 0 Å². The molecule has 1 N–H and O–H groups in total. The van der Waals surface area contributed by atoms with E-state index in [0.717, 1.165) is 13.2 Å². The molecular formula is C16H17NO. The zero-order chi connectivity index (χ0) is 12.2. The SMILES string of the molecule is c1ccc(C2COCC(c3ccccc3)N2)cc1. The summed E-state index contributed by atoms with van der Waals surface area (Å²) in [5, 5.41) is 3.66. The molecule has 0 bridgehead atoms. The Bertz CT molecular complexity index is 437. The van der Waals surface area contributed by atoms with Crippen LogP contribution >= 0.6 is 0 Å². The van der Waals surface area contributed by atoms with E-state index in [4.69, 9.17) is 4.74 Å². The van der Waals surface area contributed by atoms with Crippen LogP contribution in [0.1, 0.15) is 23.2 Å². The fourth-order valence-corrected chi connectivity index (χ4v) is 2.40. The van der Waals surface area contributed by atoms with Crippen LogP contribution in [-0.4, -0.2) is 13.2 Å². The Morgan fingerprint density at radius 1 is 0.722 bits per heavy atom. The molecule has 2 aromatic carbocycles. The lowest BCUT2D eigenvalue weighted by Crippen LogP contribution is -2.37. The van der Waals surface area contributed by atoms with Crippen LogP contribution in [0.4, 0.5) is 0 Å². The zero-order valence-corrected chi connectivity index (χ0v) is 10.3. The van der Waals surface area contributed by atoms with Crippen molar-refractivity contribution in [1.82, 2.24) is 5.32 Å². The third kappa shape index (κ3) is 2.45. The van der Waals surface area contributed by atoms with Crippen LogP contribution in [0.25, 0.3) is 0 Å². The molecule has 1 saturated heterocycles. The summed E-state index contributed by atoms with van der Waals surface area (Å²) in [7, 11) is 0. The van der Waals surface area contributed by atoms with Gasteiger partial charge in [0.05, 0.1) is 25.3 Å². The predicted molar refractivity (Wildman–Crippen MR) is 72.3 cm³/mol. The van der Waals surface area contributed by atoms with Gasteiger partial charge in [-0.25, -0.2) is 0 Å². The quantitative estimate of drug-likeness (QED) is 0.869. The van der Waals surface area contributed by atoms with Gasteiger partial charge in [0.15, 0.2) is 0 Å². The Morgan fingerprint density at radius 3 is 1.61 bits per heavy atom. The Labute approximate surface area is 108 Å². The van der Waals surface area contributed by atoms with Crippen molar-refractivity contribution in [3.05, 3.63) is 71.8 Å². The molecule has 2 nitrogen and oxygen atoms in total. The van der Waals surface area contributed by atoms with Gasteiger partial charge in [-0.1, -0.05) is 60.7 Å². The van der Waals surface area contributed by atoms with Crippen molar-refractivity contribution >= 4 is 0 Å². The Kier molecular flexibility index (Phi) is 3.40. The third-order valence-corrected chi connectivity index (χ3v) is 3.38. The molecular weight excluding hydrogens is 222 g/mol. The Balaban J connectivity index is 1.77. The van der Waals surface area contributed by atoms with Crippen LogP contribution in [0.3, 0.4) is 0 Å². The van der Waals surface area contributed by atoms with Crippen LogP contribution in [-0.2, 0) is 4.74 Å². The zero-order valence-electron chi connectivity index (χ0n) is 10.3. The molecule has 0 spiro atoms. The van der Waals surface area contributed by atoms with Gasteiger partial charge in [0.25, 0.3) is 0 Å². The Morgan fingerprint density at radius 2 is 1.17 bits per heavy atom. The number of ether oxygens (including phenoxy) is 1. The third-order valence-electron chi connectivity index (χ3n) is 3.38. The molecule has 3 rings (SSSR count). The van der Waals surface area contributed by atoms with Gasteiger partial charge in [-0.05, 0) is 11.1 Å². The van der Waals surface area contributed by atoms with E-state index in [0.29, 0.717) is 0 Å². The first-order valence-corrected chi connectivity index (χ1v) is 6.37. The van der Waals surface area contributed by atoms with E-state index in [9.17, 15) is 0 Å². The molecule has 18 heavy (non-hydrogen) atoms. The van der Waals surface area contributed by atoms with E-state index in [1.807, 2.05) is 12.1 Å². The molecule has 2 aromatic rings. The van der Waals surface area contributed by atoms with Gasteiger partial charge < -0.3 is 4.74 Å². The minimum Gasteiger partial charge on any atom is -0.377 e. The molecule has 92 valence electrons. The summed E-state index contributed by atoms with van der Waals surface area (Å²) < 4.78 is 5.74. The summed E-state index contributed by atoms with van der Waals surface area (Å²) in [5.41, 5.74) is 2.58. The van der Waals surface area contributed by atoms with Gasteiger partial charge in [0.1, 0.15) is 0 Å². The average molecular weight is 239 g/mol. The van der Waals surface area contributed by atoms with Crippen LogP contribution < -0.4 is 5.32 Å². The summed E-state index contributed by atoms with van der Waals surface area (Å²) in [6.07, 6.45) is 0. The van der Waals surface area contributed by atoms with E-state index in [1.165, 1.54) is 11.1 Å². The van der Waals surface area contributed by atoms with Crippen LogP contribution in [0, 0.1) is 0 Å². The smallest absolute Gasteiger partial charge is 0.0662 e. The normalized spacial score (nSPS) is 23.8. The average Bonchev–Trinajstić information content (AvgIpc) is 2.49. The highest BCUT2D eigenvalue weighted by molar-refractivity contribution is 5.23. The van der Waals surface area contributed by atoms with Gasteiger partial charge in [-0.15, -0.1) is 0 Å². The monoisotopic (exact) mass is 239 g/mol. The van der Waals surface area contributed by atoms with Gasteiger partial charge in [-0.2, -0.15) is 0 Å². The number of nitrogens with one attached hydrogen (secondary N) is 1. The molecule has 1 aliphatic rings. The van der Waals surface area contributed by atoms with Crippen molar-refractivity contribution in [1.29, 1.82) is 0 Å². The van der Waals surface area contributed by atoms with Crippen molar-refractivity contribution in [2.75, 3.05) is 13.2 Å². The van der Waals surface area contributed by atoms with Crippen LogP contribution in [0.15, 0.2) is 60.7 Å². The van der Waals surface area contributed by atoms with Crippen molar-refractivity contribution in [2.24, 2.45) is 0 Å². The molecule has 0 amide bonds. The first-order chi connectivity index (χ1) is 8.93. The van der Waals surface area contributed by atoms with Crippen molar-refractivity contribution in [2.45, 2.75) is 12.1 Å².